The van der Waals surface area contributed by atoms with Gasteiger partial charge in [-0.05, 0) is 121 Å². The van der Waals surface area contributed by atoms with E-state index in [2.05, 4.69) is 555 Å². The van der Waals surface area contributed by atoms with Crippen LogP contribution in [0.2, 0.25) is 118 Å². The van der Waals surface area contributed by atoms with Gasteiger partial charge in [0.1, 0.15) is 0 Å². The van der Waals surface area contributed by atoms with E-state index < -0.39 is 49.4 Å². The van der Waals surface area contributed by atoms with E-state index in [9.17, 15) is 0 Å². The molecule has 30 heteroatoms. The summed E-state index contributed by atoms with van der Waals surface area (Å²) in [6.07, 6.45) is 2.43. The van der Waals surface area contributed by atoms with E-state index in [0.29, 0.717) is 0 Å². The average Bonchev–Trinajstić information content (AvgIpc) is 0.874. The van der Waals surface area contributed by atoms with Crippen LogP contribution >= 0.6 is 0 Å². The fraction of sp³-hybridized carbons (Fsp3) is 1.00. The molecule has 0 radical (unpaired) electrons. The minimum Gasteiger partial charge on any atom is -0.665 e. The molecule has 0 aliphatic carbocycles. The molecule has 18 nitrogen and oxygen atoms in total. The molecule has 0 saturated carbocycles. The first-order valence-corrected chi connectivity index (χ1v) is 69.8. The van der Waals surface area contributed by atoms with Gasteiger partial charge in [0.2, 0.25) is 0 Å². The van der Waals surface area contributed by atoms with Crippen molar-refractivity contribution in [1.82, 2.24) is 29.4 Å². The van der Waals surface area contributed by atoms with Gasteiger partial charge in [-0.25, -0.2) is 0 Å². The molecule has 132 heavy (non-hydrogen) atoms. The molecule has 0 rings (SSSR count). The Hall–Kier alpha value is 3.62. The molecule has 0 saturated heterocycles. The topological polar surface area (TPSA) is 189 Å². The smallest absolute Gasteiger partial charge is 0.665 e. The summed E-state index contributed by atoms with van der Waals surface area (Å²) in [7, 11) is 5.48. The molecule has 0 aliphatic rings. The molecule has 0 bridgehead atoms. The SMILES string of the molecule is CC(C)(C)[N-]C(C)(C)C.CC(C)(C)[N-]C(C)(C)C.CC(C)(C)[N-]C(C)(C)C.CC(C)(C)[N-]C(C)(C)C.CC(C)(C)[N-]C(C)(C)C.CC(C)(C)[N-]C(C)(C)C.CCN(CC)CC(C)(C)[N-][Si](C)(C)C.CCN(CC)CCC[N-][Si](C)(C)C.CCN(CC)CC[N-][Si](C)(C)C.CN(C)CC(C)(C)[N-][Si](C)(C)C.CN(C)CCC[N-][Si](C)(C)C.CN(C)CC[N-][Si](C)(C)C.[Co+3].[Co+3].[Co+3].[Co+3].[Co+3].[Co+3]. The largest absolute Gasteiger partial charge is 3.00 e. The maximum atomic E-state index is 4.97. The van der Waals surface area contributed by atoms with Gasteiger partial charge in [0.25, 0.3) is 0 Å². The van der Waals surface area contributed by atoms with Crippen molar-refractivity contribution in [3.63, 3.8) is 0 Å². The van der Waals surface area contributed by atoms with E-state index >= 15 is 0 Å². The number of likely N-dealkylation sites (N-methyl/N-ethyl adjacent to an activating group) is 4. The molecule has 0 atom stereocenters. The van der Waals surface area contributed by atoms with Gasteiger partial charge in [-0.15, -0.1) is 104 Å². The number of hydrogen-bond acceptors (Lipinski definition) is 6. The third-order valence-corrected chi connectivity index (χ3v) is 21.2. The third-order valence-electron chi connectivity index (χ3n) is 14.0. The summed E-state index contributed by atoms with van der Waals surface area (Å²) < 4.78 is 0. The van der Waals surface area contributed by atoms with Gasteiger partial charge in [0, 0.05) is 0 Å². The van der Waals surface area contributed by atoms with Crippen LogP contribution in [0.4, 0.5) is 0 Å². The Labute approximate surface area is 907 Å². The van der Waals surface area contributed by atoms with E-state index in [4.69, 9.17) is 14.9 Å². The molecule has 816 valence electrons. The van der Waals surface area contributed by atoms with Crippen molar-refractivity contribution in [2.75, 3.05) is 147 Å². The maximum Gasteiger partial charge on any atom is 3.00 e. The van der Waals surface area contributed by atoms with E-state index in [1.165, 1.54) is 32.5 Å². The second kappa shape index (κ2) is 81.6. The number of nitrogens with zero attached hydrogens (tertiary/aromatic N) is 18. The molecule has 0 amide bonds. The fourth-order valence-electron chi connectivity index (χ4n) is 13.4. The van der Waals surface area contributed by atoms with Crippen molar-refractivity contribution in [2.45, 2.75) is 527 Å². The van der Waals surface area contributed by atoms with Crippen molar-refractivity contribution in [1.29, 1.82) is 0 Å². The van der Waals surface area contributed by atoms with Crippen LogP contribution in [0, 0.1) is 0 Å². The Morgan fingerprint density at radius 1 is 0.182 bits per heavy atom. The summed E-state index contributed by atoms with van der Waals surface area (Å²) in [5, 5.41) is 27.3. The quantitative estimate of drug-likeness (QED) is 0.0476. The molecular weight excluding hydrogens is 2000 g/mol. The summed E-state index contributed by atoms with van der Waals surface area (Å²) in [5.41, 5.74) is 1.55. The Balaban J connectivity index is -0.0000000670. The van der Waals surface area contributed by atoms with Crippen LogP contribution in [0.15, 0.2) is 0 Å². The second-order valence-electron chi connectivity index (χ2n) is 54.2. The molecule has 0 N–H and O–H groups in total. The molecule has 0 aromatic carbocycles. The molecule has 0 unspecified atom stereocenters. The normalized spacial score (nSPS) is 12.8. The Morgan fingerprint density at radius 2 is 0.341 bits per heavy atom. The van der Waals surface area contributed by atoms with E-state index in [-0.39, 0.29) is 178 Å². The molecule has 0 heterocycles. The Morgan fingerprint density at radius 3 is 0.485 bits per heavy atom. The van der Waals surface area contributed by atoms with Crippen molar-refractivity contribution >= 4 is 49.4 Å². The zero-order chi connectivity index (χ0) is 105. The molecular formula is C102H246Co6N18Si6+6. The number of rotatable bonds is 32. The standard InChI is InChI=1S/C11H27N2Si.C10H25N2Si.2C9H23N2Si.C8H21N2Si.6C8H18N.C7H19N2Si.6Co/c1-8-13(9-2)10-11(3,4)12-14(5,6)7;1-6-12(7-2)10-8-9-11-13(3,4)5;1-9(2,8-11(3)4)10-12(5,6)7;1-6-11(7-2)9-8-10-12(3,4)5;1-10(2)8-6-7-9-11(3,4)5;6*1-7(2,3)9-8(4,5)6;1-9(2)7-6-8-10(3,4)5;;;;;;/h8-10H2,1-7H3;6-10H2,1-5H3;8H2,1-7H3;6-9H2,1-5H3;6-8H2,1-5H3;6*1-6H3;6-7H2,1-5H3;;;;;;/q12*-1;6*+3. The monoisotopic (exact) mass is 2250 g/mol. The zero-order valence-electron chi connectivity index (χ0n) is 103. The first kappa shape index (κ1) is 178. The van der Waals surface area contributed by atoms with Crippen LogP contribution in [0.25, 0.3) is 61.8 Å². The Kier molecular flexibility index (Phi) is 110. The molecule has 0 spiro atoms. The minimum atomic E-state index is -1.29. The van der Waals surface area contributed by atoms with Crippen LogP contribution in [0.5, 0.6) is 0 Å². The summed E-state index contributed by atoms with van der Waals surface area (Å²) in [6.45, 7) is 158. The summed E-state index contributed by atoms with van der Waals surface area (Å²) in [5.74, 6) is 0. The van der Waals surface area contributed by atoms with Gasteiger partial charge in [0.05, 0.1) is 0 Å². The summed E-state index contributed by atoms with van der Waals surface area (Å²) in [6, 6.07) is 0. The summed E-state index contributed by atoms with van der Waals surface area (Å²) >= 11 is 0. The predicted molar refractivity (Wildman–Crippen MR) is 613 cm³/mol. The van der Waals surface area contributed by atoms with E-state index in [1.54, 1.807) is 0 Å². The second-order valence-corrected chi connectivity index (χ2v) is 81.9. The molecule has 0 aromatic rings. The van der Waals surface area contributed by atoms with Gasteiger partial charge in [-0.3, -0.25) is 0 Å². The Bertz CT molecular complexity index is 2160. The van der Waals surface area contributed by atoms with Crippen LogP contribution in [-0.2, 0) is 101 Å². The van der Waals surface area contributed by atoms with Crippen LogP contribution in [0.1, 0.15) is 331 Å². The predicted octanol–water partition coefficient (Wildman–Crippen LogP) is 32.9. The average molecular weight is 2250 g/mol. The van der Waals surface area contributed by atoms with Gasteiger partial charge in [-0.1, -0.05) is 499 Å². The van der Waals surface area contributed by atoms with Crippen molar-refractivity contribution in [3.8, 4) is 0 Å². The first-order chi connectivity index (χ1) is 54.4. The summed E-state index contributed by atoms with van der Waals surface area (Å²) in [4.78, 5) is 42.4. The van der Waals surface area contributed by atoms with Crippen molar-refractivity contribution in [3.05, 3.63) is 61.8 Å². The van der Waals surface area contributed by atoms with E-state index in [1.807, 2.05) is 0 Å². The van der Waals surface area contributed by atoms with Crippen LogP contribution < -0.4 is 0 Å². The first-order valence-electron chi connectivity index (χ1n) is 49.2. The van der Waals surface area contributed by atoms with Crippen LogP contribution in [-0.4, -0.2) is 303 Å². The fourth-order valence-corrected chi connectivity index (χ4v) is 20.4. The minimum absolute atomic E-state index is 0. The maximum absolute atomic E-state index is 4.97. The van der Waals surface area contributed by atoms with Crippen molar-refractivity contribution in [2.24, 2.45) is 0 Å². The molecule has 0 aliphatic heterocycles. The van der Waals surface area contributed by atoms with Gasteiger partial charge >= 0.3 is 101 Å². The molecule has 0 aromatic heterocycles. The van der Waals surface area contributed by atoms with Gasteiger partial charge in [0.15, 0.2) is 0 Å². The van der Waals surface area contributed by atoms with Crippen molar-refractivity contribution < 1.29 is 101 Å². The zero-order valence-corrected chi connectivity index (χ0v) is 115. The van der Waals surface area contributed by atoms with Gasteiger partial charge in [-0.2, -0.15) is 0 Å². The number of hydrogen-bond donors (Lipinski definition) is 0. The van der Waals surface area contributed by atoms with Crippen LogP contribution in [0.3, 0.4) is 0 Å². The van der Waals surface area contributed by atoms with E-state index in [0.717, 1.165) is 85.1 Å². The molecule has 0 fully saturated rings. The van der Waals surface area contributed by atoms with Gasteiger partial charge < -0.3 is 91.2 Å². The third kappa shape index (κ3) is 219.